The largest absolute Gasteiger partial charge is 0.416 e. The number of alkyl halides is 3. The highest BCUT2D eigenvalue weighted by molar-refractivity contribution is 5.83. The van der Waals surface area contributed by atoms with Crippen molar-refractivity contribution in [2.45, 2.75) is 38.8 Å². The first kappa shape index (κ1) is 16.3. The Bertz CT molecular complexity index is 571. The summed E-state index contributed by atoms with van der Waals surface area (Å²) >= 11 is 0. The molecule has 1 saturated carbocycles. The number of hydrogen-bond acceptors (Lipinski definition) is 1. The number of hydrogen-bond donors (Lipinski definition) is 0. The van der Waals surface area contributed by atoms with Gasteiger partial charge in [-0.05, 0) is 48.3 Å². The standard InChI is InChI=1S/C18H22F3NO/c1-11-7-12(2)10-22(9-11)17(23)16-8-15(16)13-3-5-14(6-4-13)18(19,20)21/h3-6,11-12,15-16H,7-10H2,1-2H3. The van der Waals surface area contributed by atoms with Crippen molar-refractivity contribution in [2.75, 3.05) is 13.1 Å². The van der Waals surface area contributed by atoms with Crippen LogP contribution in [0.2, 0.25) is 0 Å². The molecule has 1 aliphatic carbocycles. The molecule has 5 heteroatoms. The molecule has 1 aliphatic heterocycles. The predicted octanol–water partition coefficient (Wildman–Crippen LogP) is 4.31. The molecule has 4 unspecified atom stereocenters. The normalized spacial score (nSPS) is 31.1. The molecule has 2 aliphatic rings. The van der Waals surface area contributed by atoms with Gasteiger partial charge in [-0.2, -0.15) is 13.2 Å². The summed E-state index contributed by atoms with van der Waals surface area (Å²) in [5.74, 6) is 1.24. The van der Waals surface area contributed by atoms with Gasteiger partial charge in [0.25, 0.3) is 0 Å². The molecule has 0 aromatic heterocycles. The lowest BCUT2D eigenvalue weighted by molar-refractivity contribution is -0.137. The van der Waals surface area contributed by atoms with Crippen molar-refractivity contribution in [3.05, 3.63) is 35.4 Å². The smallest absolute Gasteiger partial charge is 0.342 e. The molecule has 3 rings (SSSR count). The monoisotopic (exact) mass is 325 g/mol. The highest BCUT2D eigenvalue weighted by Gasteiger charge is 2.46. The molecular formula is C18H22F3NO. The second kappa shape index (κ2) is 5.84. The number of carbonyl (C=O) groups excluding carboxylic acids is 1. The lowest BCUT2D eigenvalue weighted by Gasteiger charge is -2.35. The Morgan fingerprint density at radius 3 is 2.13 bits per heavy atom. The minimum absolute atomic E-state index is 0.0516. The first-order valence-electron chi connectivity index (χ1n) is 8.21. The van der Waals surface area contributed by atoms with E-state index in [0.717, 1.165) is 43.6 Å². The van der Waals surface area contributed by atoms with Crippen molar-refractivity contribution in [1.29, 1.82) is 0 Å². The molecule has 1 saturated heterocycles. The van der Waals surface area contributed by atoms with Gasteiger partial charge >= 0.3 is 6.18 Å². The number of benzene rings is 1. The predicted molar refractivity (Wildman–Crippen MR) is 81.8 cm³/mol. The van der Waals surface area contributed by atoms with Crippen molar-refractivity contribution in [3.8, 4) is 0 Å². The Labute approximate surface area is 134 Å². The Balaban J connectivity index is 1.64. The van der Waals surface area contributed by atoms with E-state index in [1.54, 1.807) is 0 Å². The van der Waals surface area contributed by atoms with Gasteiger partial charge in [-0.3, -0.25) is 4.79 Å². The summed E-state index contributed by atoms with van der Waals surface area (Å²) < 4.78 is 37.8. The van der Waals surface area contributed by atoms with Crippen LogP contribution in [0.5, 0.6) is 0 Å². The highest BCUT2D eigenvalue weighted by Crippen LogP contribution is 2.49. The van der Waals surface area contributed by atoms with E-state index in [9.17, 15) is 18.0 Å². The zero-order chi connectivity index (χ0) is 16.8. The van der Waals surface area contributed by atoms with Crippen LogP contribution < -0.4 is 0 Å². The van der Waals surface area contributed by atoms with Crippen LogP contribution in [0, 0.1) is 17.8 Å². The van der Waals surface area contributed by atoms with E-state index in [0.29, 0.717) is 11.8 Å². The van der Waals surface area contributed by atoms with Gasteiger partial charge in [0.1, 0.15) is 0 Å². The summed E-state index contributed by atoms with van der Waals surface area (Å²) in [6.07, 6.45) is -2.41. The number of nitrogens with zero attached hydrogens (tertiary/aromatic N) is 1. The molecule has 0 bridgehead atoms. The molecule has 4 atom stereocenters. The SMILES string of the molecule is CC1CC(C)CN(C(=O)C2CC2c2ccc(C(F)(F)F)cc2)C1. The second-order valence-corrected chi connectivity index (χ2v) is 7.26. The number of halogens is 3. The molecule has 1 heterocycles. The van der Waals surface area contributed by atoms with Crippen molar-refractivity contribution < 1.29 is 18.0 Å². The molecule has 2 nitrogen and oxygen atoms in total. The van der Waals surface area contributed by atoms with Crippen LogP contribution in [0.4, 0.5) is 13.2 Å². The number of carbonyl (C=O) groups is 1. The van der Waals surface area contributed by atoms with Gasteiger partial charge in [0.15, 0.2) is 0 Å². The molecule has 1 amide bonds. The van der Waals surface area contributed by atoms with Crippen LogP contribution >= 0.6 is 0 Å². The van der Waals surface area contributed by atoms with Crippen LogP contribution in [0.3, 0.4) is 0 Å². The van der Waals surface area contributed by atoms with E-state index in [1.807, 2.05) is 4.90 Å². The van der Waals surface area contributed by atoms with E-state index in [1.165, 1.54) is 12.1 Å². The maximum Gasteiger partial charge on any atom is 0.416 e. The summed E-state index contributed by atoms with van der Waals surface area (Å²) in [5.41, 5.74) is 0.206. The number of piperidine rings is 1. The fourth-order valence-electron chi connectivity index (χ4n) is 3.83. The molecule has 1 aromatic carbocycles. The van der Waals surface area contributed by atoms with Gasteiger partial charge in [0, 0.05) is 19.0 Å². The Morgan fingerprint density at radius 1 is 1.04 bits per heavy atom. The maximum atomic E-state index is 12.6. The lowest BCUT2D eigenvalue weighted by atomic mass is 9.91. The average molecular weight is 325 g/mol. The van der Waals surface area contributed by atoms with Gasteiger partial charge in [0.05, 0.1) is 5.56 Å². The Morgan fingerprint density at radius 2 is 1.61 bits per heavy atom. The third-order valence-electron chi connectivity index (χ3n) is 4.95. The van der Waals surface area contributed by atoms with E-state index in [4.69, 9.17) is 0 Å². The minimum Gasteiger partial charge on any atom is -0.342 e. The van der Waals surface area contributed by atoms with E-state index in [-0.39, 0.29) is 17.7 Å². The quantitative estimate of drug-likeness (QED) is 0.793. The number of amides is 1. The van der Waals surface area contributed by atoms with Gasteiger partial charge in [-0.25, -0.2) is 0 Å². The van der Waals surface area contributed by atoms with Crippen molar-refractivity contribution >= 4 is 5.91 Å². The molecule has 1 aromatic rings. The van der Waals surface area contributed by atoms with Crippen molar-refractivity contribution in [3.63, 3.8) is 0 Å². The average Bonchev–Trinajstić information content (AvgIpc) is 3.25. The Hall–Kier alpha value is -1.52. The highest BCUT2D eigenvalue weighted by atomic mass is 19.4. The van der Waals surface area contributed by atoms with Crippen molar-refractivity contribution in [2.24, 2.45) is 17.8 Å². The molecule has 126 valence electrons. The third kappa shape index (κ3) is 3.54. The van der Waals surface area contributed by atoms with Crippen LogP contribution in [0.1, 0.15) is 43.7 Å². The summed E-state index contributed by atoms with van der Waals surface area (Å²) in [4.78, 5) is 14.6. The van der Waals surface area contributed by atoms with Crippen LogP contribution in [0.25, 0.3) is 0 Å². The molecule has 2 fully saturated rings. The zero-order valence-corrected chi connectivity index (χ0v) is 13.4. The minimum atomic E-state index is -4.31. The van der Waals surface area contributed by atoms with Crippen LogP contribution in [0.15, 0.2) is 24.3 Å². The summed E-state index contributed by atoms with van der Waals surface area (Å²) in [7, 11) is 0. The molecule has 0 spiro atoms. The number of rotatable bonds is 2. The van der Waals surface area contributed by atoms with Gasteiger partial charge < -0.3 is 4.90 Å². The summed E-state index contributed by atoms with van der Waals surface area (Å²) in [6, 6.07) is 5.25. The van der Waals surface area contributed by atoms with Crippen LogP contribution in [-0.4, -0.2) is 23.9 Å². The van der Waals surface area contributed by atoms with Gasteiger partial charge in [0.2, 0.25) is 5.91 Å². The topological polar surface area (TPSA) is 20.3 Å². The Kier molecular flexibility index (Phi) is 4.15. The van der Waals surface area contributed by atoms with Gasteiger partial charge in [-0.1, -0.05) is 26.0 Å². The third-order valence-corrected chi connectivity index (χ3v) is 4.95. The fourth-order valence-corrected chi connectivity index (χ4v) is 3.83. The van der Waals surface area contributed by atoms with Crippen molar-refractivity contribution in [1.82, 2.24) is 4.90 Å². The first-order chi connectivity index (χ1) is 10.8. The summed E-state index contributed by atoms with van der Waals surface area (Å²) in [6.45, 7) is 5.94. The van der Waals surface area contributed by atoms with Gasteiger partial charge in [-0.15, -0.1) is 0 Å². The van der Waals surface area contributed by atoms with E-state index >= 15 is 0 Å². The van der Waals surface area contributed by atoms with E-state index in [2.05, 4.69) is 13.8 Å². The maximum absolute atomic E-state index is 12.6. The first-order valence-corrected chi connectivity index (χ1v) is 8.21. The summed E-state index contributed by atoms with van der Waals surface area (Å²) in [5, 5.41) is 0. The van der Waals surface area contributed by atoms with E-state index < -0.39 is 11.7 Å². The van der Waals surface area contributed by atoms with Crippen LogP contribution in [-0.2, 0) is 11.0 Å². The molecule has 0 N–H and O–H groups in total. The lowest BCUT2D eigenvalue weighted by Crippen LogP contribution is -2.43. The fraction of sp³-hybridized carbons (Fsp3) is 0.611. The second-order valence-electron chi connectivity index (χ2n) is 7.26. The number of likely N-dealkylation sites (tertiary alicyclic amines) is 1. The molecule has 0 radical (unpaired) electrons. The molecule has 23 heavy (non-hydrogen) atoms. The molecular weight excluding hydrogens is 303 g/mol. The zero-order valence-electron chi connectivity index (χ0n) is 13.4.